The van der Waals surface area contributed by atoms with Gasteiger partial charge < -0.3 is 10.5 Å². The third-order valence-corrected chi connectivity index (χ3v) is 2.54. The SMILES string of the molecule is COCCC(C)(N)c1ccc(C)cc1. The third kappa shape index (κ3) is 2.82. The number of hydrogen-bond acceptors (Lipinski definition) is 2. The minimum atomic E-state index is -0.288. The zero-order valence-electron chi connectivity index (χ0n) is 9.21. The molecule has 14 heavy (non-hydrogen) atoms. The fourth-order valence-electron chi connectivity index (χ4n) is 1.39. The van der Waals surface area contributed by atoms with Crippen molar-refractivity contribution in [3.63, 3.8) is 0 Å². The first kappa shape index (κ1) is 11.2. The Morgan fingerprint density at radius 2 is 1.86 bits per heavy atom. The van der Waals surface area contributed by atoms with E-state index in [2.05, 4.69) is 31.2 Å². The molecule has 0 saturated carbocycles. The van der Waals surface area contributed by atoms with Gasteiger partial charge in [0.2, 0.25) is 0 Å². The molecule has 0 heterocycles. The molecular weight excluding hydrogens is 174 g/mol. The van der Waals surface area contributed by atoms with Gasteiger partial charge in [-0.15, -0.1) is 0 Å². The molecule has 0 amide bonds. The van der Waals surface area contributed by atoms with Crippen LogP contribution in [0.25, 0.3) is 0 Å². The zero-order chi connectivity index (χ0) is 10.6. The molecule has 0 radical (unpaired) electrons. The van der Waals surface area contributed by atoms with Crippen molar-refractivity contribution in [3.8, 4) is 0 Å². The van der Waals surface area contributed by atoms with Crippen LogP contribution in [0.5, 0.6) is 0 Å². The lowest BCUT2D eigenvalue weighted by Crippen LogP contribution is -2.34. The van der Waals surface area contributed by atoms with Gasteiger partial charge in [0.1, 0.15) is 0 Å². The Balaban J connectivity index is 2.75. The van der Waals surface area contributed by atoms with Crippen LogP contribution in [0.2, 0.25) is 0 Å². The highest BCUT2D eigenvalue weighted by atomic mass is 16.5. The molecule has 0 aliphatic rings. The minimum absolute atomic E-state index is 0.288. The number of ether oxygens (including phenoxy) is 1. The predicted octanol–water partition coefficient (Wildman–Crippen LogP) is 2.21. The molecule has 2 N–H and O–H groups in total. The number of methoxy groups -OCH3 is 1. The van der Waals surface area contributed by atoms with E-state index in [1.807, 2.05) is 6.92 Å². The average molecular weight is 193 g/mol. The smallest absolute Gasteiger partial charge is 0.0482 e. The molecule has 2 heteroatoms. The molecule has 0 aliphatic heterocycles. The maximum atomic E-state index is 6.19. The molecule has 1 atom stereocenters. The highest BCUT2D eigenvalue weighted by molar-refractivity contribution is 5.26. The van der Waals surface area contributed by atoms with E-state index in [0.717, 1.165) is 6.42 Å². The summed E-state index contributed by atoms with van der Waals surface area (Å²) < 4.78 is 5.04. The van der Waals surface area contributed by atoms with Gasteiger partial charge in [0.15, 0.2) is 0 Å². The molecule has 0 saturated heterocycles. The summed E-state index contributed by atoms with van der Waals surface area (Å²) in [6.07, 6.45) is 0.840. The van der Waals surface area contributed by atoms with Crippen molar-refractivity contribution in [2.45, 2.75) is 25.8 Å². The Bertz CT molecular complexity index is 277. The van der Waals surface area contributed by atoms with Crippen LogP contribution in [0.3, 0.4) is 0 Å². The Labute approximate surface area is 86.1 Å². The van der Waals surface area contributed by atoms with E-state index < -0.39 is 0 Å². The van der Waals surface area contributed by atoms with E-state index in [0.29, 0.717) is 6.61 Å². The predicted molar refractivity (Wildman–Crippen MR) is 59.2 cm³/mol. The van der Waals surface area contributed by atoms with Crippen LogP contribution >= 0.6 is 0 Å². The Hall–Kier alpha value is -0.860. The number of nitrogens with two attached hydrogens (primary N) is 1. The lowest BCUT2D eigenvalue weighted by Gasteiger charge is -2.25. The summed E-state index contributed by atoms with van der Waals surface area (Å²) in [4.78, 5) is 0. The molecular formula is C12H19NO. The Kier molecular flexibility index (Phi) is 3.67. The van der Waals surface area contributed by atoms with Crippen LogP contribution in [0.15, 0.2) is 24.3 Å². The standard InChI is InChI=1S/C12H19NO/c1-10-4-6-11(7-5-10)12(2,13)8-9-14-3/h4-7H,8-9,13H2,1-3H3. The van der Waals surface area contributed by atoms with Crippen molar-refractivity contribution >= 4 is 0 Å². The van der Waals surface area contributed by atoms with E-state index >= 15 is 0 Å². The number of hydrogen-bond donors (Lipinski definition) is 1. The maximum absolute atomic E-state index is 6.19. The van der Waals surface area contributed by atoms with Crippen LogP contribution in [0.1, 0.15) is 24.5 Å². The zero-order valence-corrected chi connectivity index (χ0v) is 9.21. The minimum Gasteiger partial charge on any atom is -0.385 e. The van der Waals surface area contributed by atoms with Gasteiger partial charge in [-0.2, -0.15) is 0 Å². The van der Waals surface area contributed by atoms with Gasteiger partial charge in [0.25, 0.3) is 0 Å². The van der Waals surface area contributed by atoms with Crippen LogP contribution in [-0.4, -0.2) is 13.7 Å². The van der Waals surface area contributed by atoms with E-state index in [9.17, 15) is 0 Å². The van der Waals surface area contributed by atoms with Crippen molar-refractivity contribution in [2.75, 3.05) is 13.7 Å². The van der Waals surface area contributed by atoms with Crippen LogP contribution in [0.4, 0.5) is 0 Å². The molecule has 2 nitrogen and oxygen atoms in total. The number of rotatable bonds is 4. The summed E-state index contributed by atoms with van der Waals surface area (Å²) in [5.74, 6) is 0. The summed E-state index contributed by atoms with van der Waals surface area (Å²) in [6.45, 7) is 4.81. The van der Waals surface area contributed by atoms with E-state index in [4.69, 9.17) is 10.5 Å². The lowest BCUT2D eigenvalue weighted by atomic mass is 9.90. The van der Waals surface area contributed by atoms with Gasteiger partial charge in [-0.3, -0.25) is 0 Å². The fraction of sp³-hybridized carbons (Fsp3) is 0.500. The van der Waals surface area contributed by atoms with Gasteiger partial charge in [0.05, 0.1) is 0 Å². The molecule has 1 aromatic rings. The van der Waals surface area contributed by atoms with E-state index in [1.54, 1.807) is 7.11 Å². The molecule has 0 bridgehead atoms. The van der Waals surface area contributed by atoms with Crippen molar-refractivity contribution in [1.29, 1.82) is 0 Å². The van der Waals surface area contributed by atoms with Gasteiger partial charge >= 0.3 is 0 Å². The average Bonchev–Trinajstić information content (AvgIpc) is 2.16. The number of aryl methyl sites for hydroxylation is 1. The van der Waals surface area contributed by atoms with Crippen molar-refractivity contribution < 1.29 is 4.74 Å². The quantitative estimate of drug-likeness (QED) is 0.795. The van der Waals surface area contributed by atoms with E-state index in [-0.39, 0.29) is 5.54 Å². The molecule has 1 rings (SSSR count). The summed E-state index contributed by atoms with van der Waals surface area (Å²) in [6, 6.07) is 8.36. The summed E-state index contributed by atoms with van der Waals surface area (Å²) in [7, 11) is 1.70. The van der Waals surface area contributed by atoms with Gasteiger partial charge in [0, 0.05) is 19.3 Å². The monoisotopic (exact) mass is 193 g/mol. The van der Waals surface area contributed by atoms with Gasteiger partial charge in [-0.1, -0.05) is 29.8 Å². The molecule has 0 aromatic heterocycles. The van der Waals surface area contributed by atoms with Crippen LogP contribution in [0, 0.1) is 6.92 Å². The number of benzene rings is 1. The van der Waals surface area contributed by atoms with Gasteiger partial charge in [-0.05, 0) is 25.8 Å². The summed E-state index contributed by atoms with van der Waals surface area (Å²) >= 11 is 0. The molecule has 0 fully saturated rings. The Morgan fingerprint density at radius 1 is 1.29 bits per heavy atom. The van der Waals surface area contributed by atoms with Gasteiger partial charge in [-0.25, -0.2) is 0 Å². The normalized spacial score (nSPS) is 15.1. The molecule has 1 unspecified atom stereocenters. The highest BCUT2D eigenvalue weighted by Gasteiger charge is 2.20. The second-order valence-electron chi connectivity index (χ2n) is 4.03. The lowest BCUT2D eigenvalue weighted by molar-refractivity contribution is 0.172. The maximum Gasteiger partial charge on any atom is 0.0482 e. The first-order chi connectivity index (χ1) is 6.56. The summed E-state index contributed by atoms with van der Waals surface area (Å²) in [5, 5.41) is 0. The third-order valence-electron chi connectivity index (χ3n) is 2.54. The van der Waals surface area contributed by atoms with Crippen molar-refractivity contribution in [3.05, 3.63) is 35.4 Å². The van der Waals surface area contributed by atoms with E-state index in [1.165, 1.54) is 11.1 Å². The summed E-state index contributed by atoms with van der Waals surface area (Å²) in [5.41, 5.74) is 8.33. The topological polar surface area (TPSA) is 35.2 Å². The molecule has 0 spiro atoms. The molecule has 1 aromatic carbocycles. The van der Waals surface area contributed by atoms with Crippen molar-refractivity contribution in [1.82, 2.24) is 0 Å². The Morgan fingerprint density at radius 3 is 2.36 bits per heavy atom. The van der Waals surface area contributed by atoms with Crippen molar-refractivity contribution in [2.24, 2.45) is 5.73 Å². The second kappa shape index (κ2) is 4.58. The fourth-order valence-corrected chi connectivity index (χ4v) is 1.39. The largest absolute Gasteiger partial charge is 0.385 e. The van der Waals surface area contributed by atoms with Crippen LogP contribution in [-0.2, 0) is 10.3 Å². The molecule has 0 aliphatic carbocycles. The molecule has 78 valence electrons. The highest BCUT2D eigenvalue weighted by Crippen LogP contribution is 2.21. The first-order valence-corrected chi connectivity index (χ1v) is 4.91. The first-order valence-electron chi connectivity index (χ1n) is 4.91. The second-order valence-corrected chi connectivity index (χ2v) is 4.03. The van der Waals surface area contributed by atoms with Crippen LogP contribution < -0.4 is 5.73 Å².